The van der Waals surface area contributed by atoms with E-state index in [9.17, 15) is 30.3 Å². The molecule has 7 atom stereocenters. The number of esters is 1. The van der Waals surface area contributed by atoms with Crippen molar-refractivity contribution in [1.82, 2.24) is 0 Å². The first-order chi connectivity index (χ1) is 12.8. The zero-order valence-corrected chi connectivity index (χ0v) is 14.8. The maximum Gasteiger partial charge on any atom is 0.378 e. The fraction of sp³-hybridized carbons (Fsp3) is 0.812. The summed E-state index contributed by atoms with van der Waals surface area (Å²) in [5.74, 6) is -1.68. The van der Waals surface area contributed by atoms with Gasteiger partial charge in [0.25, 0.3) is 0 Å². The average Bonchev–Trinajstić information content (AvgIpc) is 2.97. The van der Waals surface area contributed by atoms with E-state index in [1.54, 1.807) is 0 Å². The maximum absolute atomic E-state index is 12.1. The molecule has 2 rings (SSSR count). The van der Waals surface area contributed by atoms with Crippen molar-refractivity contribution in [2.75, 3.05) is 19.8 Å². The number of cyclic esters (lactones) is 1. The van der Waals surface area contributed by atoms with Crippen LogP contribution in [-0.2, 0) is 23.7 Å². The van der Waals surface area contributed by atoms with Crippen molar-refractivity contribution < 1.29 is 54.4 Å². The van der Waals surface area contributed by atoms with Crippen LogP contribution in [0.4, 0.5) is 0 Å². The molecule has 2 aliphatic rings. The second-order valence-corrected chi connectivity index (χ2v) is 6.29. The molecule has 0 aliphatic carbocycles. The number of aliphatic hydroxyl groups is 6. The number of aliphatic hydroxyl groups excluding tert-OH is 6. The molecule has 1 unspecified atom stereocenters. The molecule has 0 aromatic rings. The van der Waals surface area contributed by atoms with Crippen LogP contribution in [0.1, 0.15) is 19.8 Å². The van der Waals surface area contributed by atoms with E-state index in [1.807, 2.05) is 6.92 Å². The van der Waals surface area contributed by atoms with Crippen molar-refractivity contribution in [3.8, 4) is 0 Å². The molecule has 1 fully saturated rings. The Morgan fingerprint density at radius 3 is 2.44 bits per heavy atom. The summed E-state index contributed by atoms with van der Waals surface area (Å²) in [5, 5.41) is 57.9. The molecule has 0 saturated carbocycles. The molecule has 2 heterocycles. The van der Waals surface area contributed by atoms with Crippen LogP contribution in [0.3, 0.4) is 0 Å². The van der Waals surface area contributed by atoms with Crippen LogP contribution in [0.15, 0.2) is 11.5 Å². The molecule has 6 N–H and O–H groups in total. The molecule has 0 amide bonds. The molecule has 27 heavy (non-hydrogen) atoms. The quantitative estimate of drug-likeness (QED) is 0.175. The Morgan fingerprint density at radius 1 is 1.15 bits per heavy atom. The lowest BCUT2D eigenvalue weighted by atomic mass is 9.99. The molecule has 0 aromatic carbocycles. The first kappa shape index (κ1) is 21.8. The standard InChI is InChI=1S/C16H26O11/c1-2-3-4-24-13-12(7(19)5-17)26-15(23)14(13)27-16-11(22)10(21)9(20)8(6-18)25-16/h7-12,16-22H,2-6H2,1H3/t7-,8+,9+,10-,11+,12+,16?/m0/s1. The SMILES string of the molecule is CCCCOC1=C(OC2O[C@H](CO)[C@@H](O)[C@H](O)[C@H]2O)C(=O)O[C@@H]1[C@@H](O)CO. The fourth-order valence-corrected chi connectivity index (χ4v) is 2.66. The van der Waals surface area contributed by atoms with Gasteiger partial charge in [-0.1, -0.05) is 13.3 Å². The van der Waals surface area contributed by atoms with Crippen molar-refractivity contribution in [3.63, 3.8) is 0 Å². The van der Waals surface area contributed by atoms with Gasteiger partial charge in [-0.15, -0.1) is 0 Å². The topological polar surface area (TPSA) is 175 Å². The molecular weight excluding hydrogens is 368 g/mol. The summed E-state index contributed by atoms with van der Waals surface area (Å²) >= 11 is 0. The molecule has 2 aliphatic heterocycles. The minimum Gasteiger partial charge on any atom is -0.490 e. The van der Waals surface area contributed by atoms with Crippen LogP contribution in [0.25, 0.3) is 0 Å². The number of carbonyl (C=O) groups excluding carboxylic acids is 1. The molecule has 156 valence electrons. The van der Waals surface area contributed by atoms with Crippen molar-refractivity contribution >= 4 is 5.97 Å². The summed E-state index contributed by atoms with van der Waals surface area (Å²) in [6, 6.07) is 0. The highest BCUT2D eigenvalue weighted by Gasteiger charge is 2.48. The monoisotopic (exact) mass is 394 g/mol. The Morgan fingerprint density at radius 2 is 1.85 bits per heavy atom. The lowest BCUT2D eigenvalue weighted by Gasteiger charge is -2.39. The Labute approximate surface area is 155 Å². The van der Waals surface area contributed by atoms with Crippen LogP contribution in [0.5, 0.6) is 0 Å². The lowest BCUT2D eigenvalue weighted by Crippen LogP contribution is -2.59. The normalized spacial score (nSPS) is 35.1. The van der Waals surface area contributed by atoms with E-state index in [4.69, 9.17) is 24.1 Å². The van der Waals surface area contributed by atoms with Gasteiger partial charge in [0.1, 0.15) is 30.5 Å². The fourth-order valence-electron chi connectivity index (χ4n) is 2.66. The van der Waals surface area contributed by atoms with Crippen LogP contribution < -0.4 is 0 Å². The van der Waals surface area contributed by atoms with Gasteiger partial charge in [0.15, 0.2) is 11.9 Å². The van der Waals surface area contributed by atoms with E-state index in [0.717, 1.165) is 6.42 Å². The van der Waals surface area contributed by atoms with E-state index in [1.165, 1.54) is 0 Å². The van der Waals surface area contributed by atoms with Crippen LogP contribution in [0, 0.1) is 0 Å². The molecule has 1 saturated heterocycles. The second kappa shape index (κ2) is 9.64. The van der Waals surface area contributed by atoms with Crippen LogP contribution >= 0.6 is 0 Å². The Bertz CT molecular complexity index is 534. The molecule has 0 radical (unpaired) electrons. The van der Waals surface area contributed by atoms with E-state index >= 15 is 0 Å². The zero-order valence-electron chi connectivity index (χ0n) is 14.8. The summed E-state index contributed by atoms with van der Waals surface area (Å²) in [4.78, 5) is 12.1. The van der Waals surface area contributed by atoms with Gasteiger partial charge < -0.3 is 49.6 Å². The highest BCUT2D eigenvalue weighted by molar-refractivity contribution is 5.89. The van der Waals surface area contributed by atoms with Gasteiger partial charge in [-0.2, -0.15) is 0 Å². The van der Waals surface area contributed by atoms with Gasteiger partial charge in [-0.25, -0.2) is 4.79 Å². The zero-order chi connectivity index (χ0) is 20.1. The third-order valence-electron chi connectivity index (χ3n) is 4.28. The van der Waals surface area contributed by atoms with Crippen molar-refractivity contribution in [2.45, 2.75) is 62.7 Å². The van der Waals surface area contributed by atoms with E-state index in [0.29, 0.717) is 6.42 Å². The summed E-state index contributed by atoms with van der Waals surface area (Å²) < 4.78 is 21.0. The minimum absolute atomic E-state index is 0.174. The largest absolute Gasteiger partial charge is 0.490 e. The number of carbonyl (C=O) groups is 1. The summed E-state index contributed by atoms with van der Waals surface area (Å²) in [5.41, 5.74) is 0. The summed E-state index contributed by atoms with van der Waals surface area (Å²) in [7, 11) is 0. The van der Waals surface area contributed by atoms with E-state index in [-0.39, 0.29) is 12.4 Å². The van der Waals surface area contributed by atoms with Gasteiger partial charge in [0.05, 0.1) is 19.8 Å². The second-order valence-electron chi connectivity index (χ2n) is 6.29. The highest BCUT2D eigenvalue weighted by atomic mass is 16.7. The number of hydrogen-bond donors (Lipinski definition) is 6. The minimum atomic E-state index is -1.73. The smallest absolute Gasteiger partial charge is 0.378 e. The van der Waals surface area contributed by atoms with Gasteiger partial charge in [0.2, 0.25) is 12.0 Å². The van der Waals surface area contributed by atoms with Gasteiger partial charge >= 0.3 is 5.97 Å². The highest BCUT2D eigenvalue weighted by Crippen LogP contribution is 2.31. The summed E-state index contributed by atoms with van der Waals surface area (Å²) in [6.07, 6.45) is -9.19. The van der Waals surface area contributed by atoms with Crippen molar-refractivity contribution in [2.24, 2.45) is 0 Å². The number of unbranched alkanes of at least 4 members (excludes halogenated alkanes) is 1. The number of ether oxygens (including phenoxy) is 4. The first-order valence-corrected chi connectivity index (χ1v) is 8.69. The third kappa shape index (κ3) is 4.69. The molecule has 0 spiro atoms. The van der Waals surface area contributed by atoms with Crippen LogP contribution in [0.2, 0.25) is 0 Å². The Kier molecular flexibility index (Phi) is 7.79. The number of rotatable bonds is 9. The molecule has 0 bridgehead atoms. The average molecular weight is 394 g/mol. The number of hydrogen-bond acceptors (Lipinski definition) is 11. The Balaban J connectivity index is 2.24. The molecular formula is C16H26O11. The van der Waals surface area contributed by atoms with Crippen molar-refractivity contribution in [3.05, 3.63) is 11.5 Å². The van der Waals surface area contributed by atoms with E-state index < -0.39 is 67.9 Å². The third-order valence-corrected chi connectivity index (χ3v) is 4.28. The van der Waals surface area contributed by atoms with Gasteiger partial charge in [0, 0.05) is 0 Å². The van der Waals surface area contributed by atoms with E-state index in [2.05, 4.69) is 0 Å². The van der Waals surface area contributed by atoms with Gasteiger partial charge in [-0.05, 0) is 6.42 Å². The predicted octanol–water partition coefficient (Wildman–Crippen LogP) is -2.89. The molecule has 0 aromatic heterocycles. The molecule has 11 heteroatoms. The Hall–Kier alpha value is -1.47. The maximum atomic E-state index is 12.1. The summed E-state index contributed by atoms with van der Waals surface area (Å²) in [6.45, 7) is 0.726. The van der Waals surface area contributed by atoms with Gasteiger partial charge in [-0.3, -0.25) is 0 Å². The first-order valence-electron chi connectivity index (χ1n) is 8.69. The van der Waals surface area contributed by atoms with Crippen LogP contribution in [-0.4, -0.2) is 99.3 Å². The predicted molar refractivity (Wildman–Crippen MR) is 85.7 cm³/mol. The van der Waals surface area contributed by atoms with Crippen molar-refractivity contribution in [1.29, 1.82) is 0 Å². The lowest BCUT2D eigenvalue weighted by molar-refractivity contribution is -0.291. The molecule has 11 nitrogen and oxygen atoms in total.